The van der Waals surface area contributed by atoms with Gasteiger partial charge in [-0.05, 0) is 55.3 Å². The zero-order chi connectivity index (χ0) is 24.0. The first-order valence-electron chi connectivity index (χ1n) is 10.8. The van der Waals surface area contributed by atoms with Gasteiger partial charge in [0.2, 0.25) is 5.91 Å². The van der Waals surface area contributed by atoms with Gasteiger partial charge in [0.1, 0.15) is 11.6 Å². The second kappa shape index (κ2) is 11.2. The Morgan fingerprint density at radius 3 is 2.30 bits per heavy atom. The SMILES string of the molecule is CCCCC(Sc1nc(C)c(Cc2ccc(F)cc2)c(=O)n1C)C(=O)Nc1ccc(F)cc1. The third kappa shape index (κ3) is 6.51. The average molecular weight is 472 g/mol. The second-order valence-corrected chi connectivity index (χ2v) is 9.04. The fourth-order valence-corrected chi connectivity index (χ4v) is 4.50. The highest BCUT2D eigenvalue weighted by atomic mass is 32.2. The number of hydrogen-bond acceptors (Lipinski definition) is 4. The molecule has 0 spiro atoms. The zero-order valence-electron chi connectivity index (χ0n) is 18.9. The molecule has 0 saturated heterocycles. The minimum Gasteiger partial charge on any atom is -0.325 e. The van der Waals surface area contributed by atoms with Crippen molar-refractivity contribution >= 4 is 23.4 Å². The van der Waals surface area contributed by atoms with E-state index in [-0.39, 0.29) is 23.1 Å². The van der Waals surface area contributed by atoms with Crippen LogP contribution in [0.3, 0.4) is 0 Å². The maximum Gasteiger partial charge on any atom is 0.257 e. The van der Waals surface area contributed by atoms with Crippen LogP contribution >= 0.6 is 11.8 Å². The number of thioether (sulfide) groups is 1. The maximum absolute atomic E-state index is 13.2. The van der Waals surface area contributed by atoms with Crippen molar-refractivity contribution in [3.05, 3.63) is 87.3 Å². The van der Waals surface area contributed by atoms with E-state index in [0.29, 0.717) is 34.9 Å². The first-order chi connectivity index (χ1) is 15.8. The summed E-state index contributed by atoms with van der Waals surface area (Å²) in [6.45, 7) is 3.81. The Morgan fingerprint density at radius 1 is 1.09 bits per heavy atom. The Morgan fingerprint density at radius 2 is 1.70 bits per heavy atom. The molecule has 1 amide bonds. The number of nitrogens with zero attached hydrogens (tertiary/aromatic N) is 2. The number of unbranched alkanes of at least 4 members (excludes halogenated alkanes) is 1. The van der Waals surface area contributed by atoms with Crippen LogP contribution in [-0.2, 0) is 18.3 Å². The number of hydrogen-bond donors (Lipinski definition) is 1. The van der Waals surface area contributed by atoms with Crippen LogP contribution in [0.25, 0.3) is 0 Å². The molecule has 0 aliphatic rings. The predicted octanol–water partition coefficient (Wildman–Crippen LogP) is 5.25. The highest BCUT2D eigenvalue weighted by Gasteiger charge is 2.23. The number of amides is 1. The van der Waals surface area contributed by atoms with Crippen LogP contribution in [0, 0.1) is 18.6 Å². The number of anilines is 1. The number of rotatable bonds is 9. The molecule has 5 nitrogen and oxygen atoms in total. The minimum atomic E-state index is -0.463. The Labute approximate surface area is 196 Å². The predicted molar refractivity (Wildman–Crippen MR) is 128 cm³/mol. The third-order valence-electron chi connectivity index (χ3n) is 5.32. The summed E-state index contributed by atoms with van der Waals surface area (Å²) in [6, 6.07) is 11.6. The molecule has 0 saturated carbocycles. The van der Waals surface area contributed by atoms with Gasteiger partial charge in [-0.15, -0.1) is 0 Å². The molecular weight excluding hydrogens is 444 g/mol. The van der Waals surface area contributed by atoms with E-state index < -0.39 is 5.25 Å². The number of carbonyl (C=O) groups is 1. The Kier molecular flexibility index (Phi) is 8.38. The van der Waals surface area contributed by atoms with Crippen molar-refractivity contribution in [3.63, 3.8) is 0 Å². The molecule has 174 valence electrons. The normalized spacial score (nSPS) is 11.9. The van der Waals surface area contributed by atoms with E-state index in [1.807, 2.05) is 6.92 Å². The van der Waals surface area contributed by atoms with Gasteiger partial charge in [0.05, 0.1) is 5.25 Å². The van der Waals surface area contributed by atoms with E-state index in [2.05, 4.69) is 10.3 Å². The monoisotopic (exact) mass is 471 g/mol. The highest BCUT2D eigenvalue weighted by Crippen LogP contribution is 2.27. The van der Waals surface area contributed by atoms with Crippen molar-refractivity contribution in [1.29, 1.82) is 0 Å². The van der Waals surface area contributed by atoms with Crippen molar-refractivity contribution in [2.24, 2.45) is 7.05 Å². The lowest BCUT2D eigenvalue weighted by atomic mass is 10.1. The molecule has 8 heteroatoms. The van der Waals surface area contributed by atoms with Crippen LogP contribution in [0.15, 0.2) is 58.5 Å². The largest absolute Gasteiger partial charge is 0.325 e. The van der Waals surface area contributed by atoms with Gasteiger partial charge in [-0.3, -0.25) is 14.2 Å². The van der Waals surface area contributed by atoms with Gasteiger partial charge in [-0.25, -0.2) is 13.8 Å². The lowest BCUT2D eigenvalue weighted by Gasteiger charge is -2.18. The van der Waals surface area contributed by atoms with E-state index in [4.69, 9.17) is 0 Å². The van der Waals surface area contributed by atoms with Crippen LogP contribution < -0.4 is 10.9 Å². The molecule has 1 unspecified atom stereocenters. The van der Waals surface area contributed by atoms with Crippen molar-refractivity contribution in [3.8, 4) is 0 Å². The van der Waals surface area contributed by atoms with Crippen molar-refractivity contribution in [2.75, 3.05) is 5.32 Å². The van der Waals surface area contributed by atoms with Gasteiger partial charge < -0.3 is 5.32 Å². The maximum atomic E-state index is 13.2. The van der Waals surface area contributed by atoms with E-state index >= 15 is 0 Å². The van der Waals surface area contributed by atoms with Gasteiger partial charge in [-0.2, -0.15) is 0 Å². The quantitative estimate of drug-likeness (QED) is 0.342. The van der Waals surface area contributed by atoms with Crippen molar-refractivity contribution < 1.29 is 13.6 Å². The third-order valence-corrected chi connectivity index (χ3v) is 6.63. The second-order valence-electron chi connectivity index (χ2n) is 7.87. The molecule has 2 aromatic carbocycles. The molecular formula is C25H27F2N3O2S. The van der Waals surface area contributed by atoms with Crippen LogP contribution in [0.5, 0.6) is 0 Å². The first-order valence-corrected chi connectivity index (χ1v) is 11.7. The smallest absolute Gasteiger partial charge is 0.257 e. The van der Waals surface area contributed by atoms with Gasteiger partial charge in [0, 0.05) is 30.4 Å². The minimum absolute atomic E-state index is 0.192. The van der Waals surface area contributed by atoms with Gasteiger partial charge in [0.25, 0.3) is 5.56 Å². The van der Waals surface area contributed by atoms with E-state index in [9.17, 15) is 18.4 Å². The molecule has 1 heterocycles. The van der Waals surface area contributed by atoms with E-state index in [1.165, 1.54) is 52.7 Å². The number of carbonyl (C=O) groups excluding carboxylic acids is 1. The van der Waals surface area contributed by atoms with Gasteiger partial charge in [0.15, 0.2) is 5.16 Å². The van der Waals surface area contributed by atoms with E-state index in [0.717, 1.165) is 18.4 Å². The fourth-order valence-electron chi connectivity index (χ4n) is 3.36. The molecule has 0 aliphatic carbocycles. The van der Waals surface area contributed by atoms with E-state index in [1.54, 1.807) is 26.1 Å². The Bertz CT molecular complexity index is 1160. The lowest BCUT2D eigenvalue weighted by molar-refractivity contribution is -0.115. The molecule has 1 N–H and O–H groups in total. The summed E-state index contributed by atoms with van der Waals surface area (Å²) in [5, 5.41) is 2.82. The Hall–Kier alpha value is -3.00. The molecule has 3 aromatic rings. The molecule has 1 aromatic heterocycles. The molecule has 0 bridgehead atoms. The Balaban J connectivity index is 1.83. The van der Waals surface area contributed by atoms with Gasteiger partial charge >= 0.3 is 0 Å². The number of halogens is 2. The number of aromatic nitrogens is 2. The summed E-state index contributed by atoms with van der Waals surface area (Å²) in [7, 11) is 1.64. The van der Waals surface area contributed by atoms with Crippen molar-refractivity contribution in [1.82, 2.24) is 9.55 Å². The first kappa shape index (κ1) is 24.6. The molecule has 0 aliphatic heterocycles. The van der Waals surface area contributed by atoms with Crippen LogP contribution in [-0.4, -0.2) is 20.7 Å². The zero-order valence-corrected chi connectivity index (χ0v) is 19.7. The van der Waals surface area contributed by atoms with Gasteiger partial charge in [-0.1, -0.05) is 43.7 Å². The molecule has 0 fully saturated rings. The summed E-state index contributed by atoms with van der Waals surface area (Å²) in [5.74, 6) is -0.923. The summed E-state index contributed by atoms with van der Waals surface area (Å²) < 4.78 is 27.8. The van der Waals surface area contributed by atoms with Crippen LogP contribution in [0.1, 0.15) is 43.0 Å². The van der Waals surface area contributed by atoms with Crippen molar-refractivity contribution in [2.45, 2.75) is 49.9 Å². The fraction of sp³-hybridized carbons (Fsp3) is 0.320. The number of nitrogens with one attached hydrogen (secondary N) is 1. The summed E-state index contributed by atoms with van der Waals surface area (Å²) in [6.07, 6.45) is 2.72. The summed E-state index contributed by atoms with van der Waals surface area (Å²) in [4.78, 5) is 30.6. The van der Waals surface area contributed by atoms with Crippen LogP contribution in [0.2, 0.25) is 0 Å². The highest BCUT2D eigenvalue weighted by molar-refractivity contribution is 8.00. The molecule has 0 radical (unpaired) electrons. The standard InChI is InChI=1S/C25H27F2N3O2S/c1-4-5-6-22(23(31)29-20-13-11-19(27)12-14-20)33-25-28-16(2)21(24(32)30(25)3)15-17-7-9-18(26)10-8-17/h7-14,22H,4-6,15H2,1-3H3,(H,29,31). The summed E-state index contributed by atoms with van der Waals surface area (Å²) in [5.41, 5.74) is 2.25. The topological polar surface area (TPSA) is 64.0 Å². The molecule has 33 heavy (non-hydrogen) atoms. The summed E-state index contributed by atoms with van der Waals surface area (Å²) >= 11 is 1.25. The molecule has 1 atom stereocenters. The number of benzene rings is 2. The number of aryl methyl sites for hydroxylation is 1. The van der Waals surface area contributed by atoms with Crippen LogP contribution in [0.4, 0.5) is 14.5 Å². The lowest BCUT2D eigenvalue weighted by Crippen LogP contribution is -2.29. The molecule has 3 rings (SSSR count). The average Bonchev–Trinajstić information content (AvgIpc) is 2.80.